The molecule has 2 aromatic rings. The van der Waals surface area contributed by atoms with Crippen LogP contribution in [-0.4, -0.2) is 17.6 Å². The first-order valence-electron chi connectivity index (χ1n) is 6.23. The van der Waals surface area contributed by atoms with Crippen LogP contribution in [0.3, 0.4) is 0 Å². The standard InChI is InChI=1S/C15H16N2O/c1-12-10-17(11-13-6-3-2-4-7-13)15-14(18-12)8-5-9-16-15/h2-9,12H,10-11H2,1H3. The van der Waals surface area contributed by atoms with Gasteiger partial charge < -0.3 is 9.64 Å². The third kappa shape index (κ3) is 2.16. The summed E-state index contributed by atoms with van der Waals surface area (Å²) in [6.07, 6.45) is 2.02. The van der Waals surface area contributed by atoms with Crippen LogP contribution < -0.4 is 9.64 Å². The number of anilines is 1. The van der Waals surface area contributed by atoms with Crippen LogP contribution in [0.1, 0.15) is 12.5 Å². The molecule has 0 aliphatic carbocycles. The highest BCUT2D eigenvalue weighted by molar-refractivity contribution is 5.54. The second-order valence-electron chi connectivity index (χ2n) is 4.62. The highest BCUT2D eigenvalue weighted by Crippen LogP contribution is 2.31. The van der Waals surface area contributed by atoms with Gasteiger partial charge in [0.2, 0.25) is 0 Å². The van der Waals surface area contributed by atoms with Crippen molar-refractivity contribution in [1.82, 2.24) is 4.98 Å². The Morgan fingerprint density at radius 2 is 2.06 bits per heavy atom. The molecule has 3 heteroatoms. The van der Waals surface area contributed by atoms with E-state index in [1.165, 1.54) is 5.56 Å². The average molecular weight is 240 g/mol. The number of ether oxygens (including phenoxy) is 1. The first-order valence-corrected chi connectivity index (χ1v) is 6.23. The van der Waals surface area contributed by atoms with Crippen molar-refractivity contribution >= 4 is 5.82 Å². The summed E-state index contributed by atoms with van der Waals surface area (Å²) >= 11 is 0. The molecule has 1 atom stereocenters. The van der Waals surface area contributed by atoms with Gasteiger partial charge in [-0.2, -0.15) is 0 Å². The Bertz CT molecular complexity index is 527. The van der Waals surface area contributed by atoms with Gasteiger partial charge in [0.05, 0.1) is 6.54 Å². The number of fused-ring (bicyclic) bond motifs is 1. The lowest BCUT2D eigenvalue weighted by Crippen LogP contribution is -2.38. The minimum atomic E-state index is 0.199. The quantitative estimate of drug-likeness (QED) is 0.807. The molecule has 0 radical (unpaired) electrons. The Labute approximate surface area is 107 Å². The van der Waals surface area contributed by atoms with Crippen LogP contribution in [0.15, 0.2) is 48.7 Å². The molecule has 92 valence electrons. The molecule has 0 saturated carbocycles. The smallest absolute Gasteiger partial charge is 0.171 e. The van der Waals surface area contributed by atoms with E-state index in [9.17, 15) is 0 Å². The van der Waals surface area contributed by atoms with Gasteiger partial charge in [-0.3, -0.25) is 0 Å². The maximum absolute atomic E-state index is 5.80. The molecule has 0 saturated heterocycles. The molecule has 0 N–H and O–H groups in total. The summed E-state index contributed by atoms with van der Waals surface area (Å²) in [4.78, 5) is 6.71. The summed E-state index contributed by atoms with van der Waals surface area (Å²) in [5.41, 5.74) is 1.29. The fourth-order valence-corrected chi connectivity index (χ4v) is 2.31. The zero-order chi connectivity index (χ0) is 12.4. The number of pyridine rings is 1. The molecule has 0 bridgehead atoms. The number of aromatic nitrogens is 1. The molecule has 1 aromatic carbocycles. The molecule has 1 aromatic heterocycles. The number of hydrogen-bond donors (Lipinski definition) is 0. The minimum Gasteiger partial charge on any atom is -0.485 e. The van der Waals surface area contributed by atoms with Crippen LogP contribution >= 0.6 is 0 Å². The molecule has 0 amide bonds. The van der Waals surface area contributed by atoms with Gasteiger partial charge in [-0.1, -0.05) is 30.3 Å². The lowest BCUT2D eigenvalue weighted by Gasteiger charge is -2.33. The number of hydrogen-bond acceptors (Lipinski definition) is 3. The molecule has 18 heavy (non-hydrogen) atoms. The molecular formula is C15H16N2O. The van der Waals surface area contributed by atoms with E-state index in [0.29, 0.717) is 0 Å². The van der Waals surface area contributed by atoms with Crippen LogP contribution in [0.25, 0.3) is 0 Å². The third-order valence-corrected chi connectivity index (χ3v) is 3.07. The normalized spacial score (nSPS) is 18.1. The molecule has 2 heterocycles. The van der Waals surface area contributed by atoms with Crippen LogP contribution in [0.2, 0.25) is 0 Å². The van der Waals surface area contributed by atoms with E-state index in [4.69, 9.17) is 4.74 Å². The fraction of sp³-hybridized carbons (Fsp3) is 0.267. The Morgan fingerprint density at radius 3 is 2.89 bits per heavy atom. The highest BCUT2D eigenvalue weighted by atomic mass is 16.5. The van der Waals surface area contributed by atoms with E-state index in [-0.39, 0.29) is 6.10 Å². The summed E-state index contributed by atoms with van der Waals surface area (Å²) in [7, 11) is 0. The molecule has 1 unspecified atom stereocenters. The van der Waals surface area contributed by atoms with Crippen molar-refractivity contribution in [2.75, 3.05) is 11.4 Å². The van der Waals surface area contributed by atoms with Gasteiger partial charge in [0.1, 0.15) is 6.10 Å². The Morgan fingerprint density at radius 1 is 1.22 bits per heavy atom. The largest absolute Gasteiger partial charge is 0.485 e. The molecular weight excluding hydrogens is 224 g/mol. The summed E-state index contributed by atoms with van der Waals surface area (Å²) < 4.78 is 5.80. The van der Waals surface area contributed by atoms with Gasteiger partial charge in [-0.15, -0.1) is 0 Å². The molecule has 1 aliphatic rings. The van der Waals surface area contributed by atoms with Crippen LogP contribution in [0.4, 0.5) is 5.82 Å². The third-order valence-electron chi connectivity index (χ3n) is 3.07. The average Bonchev–Trinajstić information content (AvgIpc) is 2.40. The number of nitrogens with zero attached hydrogens (tertiary/aromatic N) is 2. The molecule has 3 nitrogen and oxygen atoms in total. The highest BCUT2D eigenvalue weighted by Gasteiger charge is 2.23. The van der Waals surface area contributed by atoms with Crippen molar-refractivity contribution in [2.24, 2.45) is 0 Å². The predicted molar refractivity (Wildman–Crippen MR) is 71.8 cm³/mol. The second-order valence-corrected chi connectivity index (χ2v) is 4.62. The van der Waals surface area contributed by atoms with E-state index in [2.05, 4.69) is 41.1 Å². The van der Waals surface area contributed by atoms with Crippen molar-refractivity contribution in [3.05, 3.63) is 54.2 Å². The van der Waals surface area contributed by atoms with Crippen molar-refractivity contribution in [3.63, 3.8) is 0 Å². The lowest BCUT2D eigenvalue weighted by molar-refractivity contribution is 0.210. The molecule has 1 aliphatic heterocycles. The first kappa shape index (κ1) is 11.1. The number of rotatable bonds is 2. The van der Waals surface area contributed by atoms with Gasteiger partial charge in [0.15, 0.2) is 11.6 Å². The Kier molecular flexibility index (Phi) is 2.89. The van der Waals surface area contributed by atoms with Crippen LogP contribution in [-0.2, 0) is 6.54 Å². The lowest BCUT2D eigenvalue weighted by atomic mass is 10.2. The maximum Gasteiger partial charge on any atom is 0.171 e. The van der Waals surface area contributed by atoms with Gasteiger partial charge in [0, 0.05) is 12.7 Å². The minimum absolute atomic E-state index is 0.199. The van der Waals surface area contributed by atoms with E-state index in [1.54, 1.807) is 0 Å². The second kappa shape index (κ2) is 4.69. The van der Waals surface area contributed by atoms with Gasteiger partial charge in [-0.25, -0.2) is 4.98 Å². The zero-order valence-electron chi connectivity index (χ0n) is 10.4. The SMILES string of the molecule is CC1CN(Cc2ccccc2)c2ncccc2O1. The summed E-state index contributed by atoms with van der Waals surface area (Å²) in [5, 5.41) is 0. The van der Waals surface area contributed by atoms with E-state index >= 15 is 0 Å². The maximum atomic E-state index is 5.80. The van der Waals surface area contributed by atoms with Crippen molar-refractivity contribution in [2.45, 2.75) is 19.6 Å². The van der Waals surface area contributed by atoms with E-state index in [1.807, 2.05) is 24.4 Å². The zero-order valence-corrected chi connectivity index (χ0v) is 10.4. The van der Waals surface area contributed by atoms with Crippen molar-refractivity contribution in [1.29, 1.82) is 0 Å². The van der Waals surface area contributed by atoms with Crippen LogP contribution in [0, 0.1) is 0 Å². The van der Waals surface area contributed by atoms with Gasteiger partial charge in [-0.05, 0) is 24.6 Å². The van der Waals surface area contributed by atoms with Crippen molar-refractivity contribution in [3.8, 4) is 5.75 Å². The monoisotopic (exact) mass is 240 g/mol. The molecule has 0 fully saturated rings. The van der Waals surface area contributed by atoms with Gasteiger partial charge in [0.25, 0.3) is 0 Å². The van der Waals surface area contributed by atoms with Crippen molar-refractivity contribution < 1.29 is 4.74 Å². The fourth-order valence-electron chi connectivity index (χ4n) is 2.31. The predicted octanol–water partition coefficient (Wildman–Crippen LogP) is 2.87. The topological polar surface area (TPSA) is 25.4 Å². The summed E-state index contributed by atoms with van der Waals surface area (Å²) in [6.45, 7) is 3.84. The molecule has 3 rings (SSSR count). The van der Waals surface area contributed by atoms with E-state index < -0.39 is 0 Å². The van der Waals surface area contributed by atoms with Crippen LogP contribution in [0.5, 0.6) is 5.75 Å². The Hall–Kier alpha value is -2.03. The first-order chi connectivity index (χ1) is 8.83. The summed E-state index contributed by atoms with van der Waals surface area (Å²) in [6, 6.07) is 14.4. The molecule has 0 spiro atoms. The Balaban J connectivity index is 1.89. The summed E-state index contributed by atoms with van der Waals surface area (Å²) in [5.74, 6) is 1.83. The van der Waals surface area contributed by atoms with Gasteiger partial charge >= 0.3 is 0 Å². The number of benzene rings is 1. The van der Waals surface area contributed by atoms with E-state index in [0.717, 1.165) is 24.7 Å².